The van der Waals surface area contributed by atoms with Gasteiger partial charge in [0.2, 0.25) is 0 Å². The summed E-state index contributed by atoms with van der Waals surface area (Å²) in [5.41, 5.74) is 3.17. The molecule has 3 nitrogen and oxygen atoms in total. The third-order valence-electron chi connectivity index (χ3n) is 4.47. The summed E-state index contributed by atoms with van der Waals surface area (Å²) in [4.78, 5) is 12.7. The summed E-state index contributed by atoms with van der Waals surface area (Å²) < 4.78 is 5.14. The van der Waals surface area contributed by atoms with Gasteiger partial charge in [-0.2, -0.15) is 0 Å². The minimum Gasteiger partial charge on any atom is -0.468 e. The van der Waals surface area contributed by atoms with Crippen molar-refractivity contribution in [1.29, 1.82) is 0 Å². The average Bonchev–Trinajstić information content (AvgIpc) is 2.72. The molecule has 0 saturated heterocycles. The number of rotatable bonds is 7. The van der Waals surface area contributed by atoms with Gasteiger partial charge >= 0.3 is 5.97 Å². The molecule has 3 rings (SSSR count). The Morgan fingerprint density at radius 3 is 1.85 bits per heavy atom. The first-order chi connectivity index (χ1) is 12.8. The molecule has 0 aliphatic carbocycles. The third-order valence-corrected chi connectivity index (χ3v) is 4.47. The van der Waals surface area contributed by atoms with E-state index in [4.69, 9.17) is 4.74 Å². The number of benzene rings is 3. The van der Waals surface area contributed by atoms with E-state index in [-0.39, 0.29) is 12.0 Å². The molecule has 1 N–H and O–H groups in total. The molecule has 0 amide bonds. The van der Waals surface area contributed by atoms with Gasteiger partial charge in [-0.15, -0.1) is 0 Å². The molecule has 132 valence electrons. The van der Waals surface area contributed by atoms with Gasteiger partial charge in [0.15, 0.2) is 0 Å². The highest BCUT2D eigenvalue weighted by Crippen LogP contribution is 2.32. The lowest BCUT2D eigenvalue weighted by atomic mass is 9.86. The molecule has 0 aliphatic rings. The lowest BCUT2D eigenvalue weighted by molar-refractivity contribution is -0.143. The summed E-state index contributed by atoms with van der Waals surface area (Å²) in [5.74, 6) is -0.669. The lowest BCUT2D eigenvalue weighted by Crippen LogP contribution is -2.32. The molecule has 0 heterocycles. The van der Waals surface area contributed by atoms with Crippen LogP contribution in [0.1, 0.15) is 28.7 Å². The number of nitrogens with one attached hydrogen (secondary N) is 1. The Morgan fingerprint density at radius 1 is 0.808 bits per heavy atom. The van der Waals surface area contributed by atoms with E-state index in [1.165, 1.54) is 12.7 Å². The molecule has 0 saturated carbocycles. The van der Waals surface area contributed by atoms with Crippen LogP contribution in [0.5, 0.6) is 0 Å². The van der Waals surface area contributed by atoms with Crippen molar-refractivity contribution < 1.29 is 9.53 Å². The third kappa shape index (κ3) is 4.38. The van der Waals surface area contributed by atoms with Crippen molar-refractivity contribution in [2.45, 2.75) is 18.5 Å². The summed E-state index contributed by atoms with van der Waals surface area (Å²) >= 11 is 0. The minimum atomic E-state index is -0.424. The van der Waals surface area contributed by atoms with E-state index in [1.54, 1.807) is 0 Å². The predicted octanol–water partition coefficient (Wildman–Crippen LogP) is 4.47. The quantitative estimate of drug-likeness (QED) is 0.642. The maximum absolute atomic E-state index is 12.7. The van der Waals surface area contributed by atoms with Crippen LogP contribution >= 0.6 is 0 Å². The number of methoxy groups -OCH3 is 1. The zero-order valence-corrected chi connectivity index (χ0v) is 14.8. The zero-order chi connectivity index (χ0) is 18.2. The van der Waals surface area contributed by atoms with E-state index in [0.717, 1.165) is 11.1 Å². The normalized spacial score (nSPS) is 13.0. The Morgan fingerprint density at radius 2 is 1.31 bits per heavy atom. The van der Waals surface area contributed by atoms with E-state index >= 15 is 0 Å². The first kappa shape index (κ1) is 17.9. The number of ether oxygens (including phenoxy) is 1. The number of esters is 1. The maximum atomic E-state index is 12.7. The van der Waals surface area contributed by atoms with Gasteiger partial charge in [0, 0.05) is 12.6 Å². The van der Waals surface area contributed by atoms with Crippen LogP contribution < -0.4 is 5.32 Å². The van der Waals surface area contributed by atoms with E-state index in [0.29, 0.717) is 6.54 Å². The van der Waals surface area contributed by atoms with Gasteiger partial charge in [-0.25, -0.2) is 0 Å². The van der Waals surface area contributed by atoms with Crippen LogP contribution in [-0.2, 0) is 16.1 Å². The van der Waals surface area contributed by atoms with Crippen LogP contribution in [0, 0.1) is 0 Å². The van der Waals surface area contributed by atoms with E-state index in [2.05, 4.69) is 17.4 Å². The van der Waals surface area contributed by atoms with Crippen molar-refractivity contribution in [2.24, 2.45) is 0 Å². The largest absolute Gasteiger partial charge is 0.468 e. The van der Waals surface area contributed by atoms with Gasteiger partial charge in [-0.3, -0.25) is 4.79 Å². The molecule has 0 unspecified atom stereocenters. The van der Waals surface area contributed by atoms with Crippen LogP contribution in [0.2, 0.25) is 0 Å². The highest BCUT2D eigenvalue weighted by atomic mass is 16.5. The molecular formula is C23H23NO2. The first-order valence-corrected chi connectivity index (χ1v) is 8.74. The van der Waals surface area contributed by atoms with Gasteiger partial charge in [-0.1, -0.05) is 91.0 Å². The van der Waals surface area contributed by atoms with Crippen molar-refractivity contribution in [2.75, 3.05) is 7.11 Å². The van der Waals surface area contributed by atoms with Crippen LogP contribution in [0.3, 0.4) is 0 Å². The Balaban J connectivity index is 1.95. The number of carbonyl (C=O) groups excluding carboxylic acids is 1. The molecule has 3 aromatic rings. The molecule has 3 aromatic carbocycles. The minimum absolute atomic E-state index is 0.189. The van der Waals surface area contributed by atoms with Crippen molar-refractivity contribution in [3.05, 3.63) is 108 Å². The Bertz CT molecular complexity index is 803. The van der Waals surface area contributed by atoms with Crippen LogP contribution in [-0.4, -0.2) is 13.1 Å². The fourth-order valence-corrected chi connectivity index (χ4v) is 3.16. The summed E-state index contributed by atoms with van der Waals surface area (Å²) in [6, 6.07) is 29.8. The van der Waals surface area contributed by atoms with E-state index < -0.39 is 5.92 Å². The van der Waals surface area contributed by atoms with E-state index in [1.807, 2.05) is 78.9 Å². The topological polar surface area (TPSA) is 38.3 Å². The Kier molecular flexibility index (Phi) is 6.18. The monoisotopic (exact) mass is 345 g/mol. The van der Waals surface area contributed by atoms with Crippen LogP contribution in [0.15, 0.2) is 91.0 Å². The molecule has 0 aliphatic heterocycles. The van der Waals surface area contributed by atoms with Crippen molar-refractivity contribution in [1.82, 2.24) is 5.32 Å². The van der Waals surface area contributed by atoms with Crippen molar-refractivity contribution >= 4 is 5.97 Å². The molecule has 3 heteroatoms. The summed E-state index contributed by atoms with van der Waals surface area (Å²) in [6.45, 7) is 0.667. The molecule has 0 bridgehead atoms. The zero-order valence-electron chi connectivity index (χ0n) is 14.8. The second-order valence-corrected chi connectivity index (χ2v) is 6.17. The second-order valence-electron chi connectivity index (χ2n) is 6.17. The first-order valence-electron chi connectivity index (χ1n) is 8.74. The molecule has 0 radical (unpaired) electrons. The maximum Gasteiger partial charge on any atom is 0.315 e. The smallest absolute Gasteiger partial charge is 0.315 e. The van der Waals surface area contributed by atoms with Crippen LogP contribution in [0.4, 0.5) is 0 Å². The molecule has 0 spiro atoms. The summed E-state index contributed by atoms with van der Waals surface area (Å²) in [7, 11) is 1.44. The molecule has 0 fully saturated rings. The molecule has 0 aromatic heterocycles. The predicted molar refractivity (Wildman–Crippen MR) is 104 cm³/mol. The fraction of sp³-hybridized carbons (Fsp3) is 0.174. The Labute approximate surface area is 154 Å². The van der Waals surface area contributed by atoms with Gasteiger partial charge in [0.05, 0.1) is 7.11 Å². The van der Waals surface area contributed by atoms with E-state index in [9.17, 15) is 4.79 Å². The highest BCUT2D eigenvalue weighted by Gasteiger charge is 2.31. The van der Waals surface area contributed by atoms with Crippen molar-refractivity contribution in [3.63, 3.8) is 0 Å². The molecular weight excluding hydrogens is 322 g/mol. The highest BCUT2D eigenvalue weighted by molar-refractivity contribution is 5.79. The molecule has 2 atom stereocenters. The Hall–Kier alpha value is -2.91. The second kappa shape index (κ2) is 8.97. The van der Waals surface area contributed by atoms with Gasteiger partial charge < -0.3 is 10.1 Å². The van der Waals surface area contributed by atoms with Gasteiger partial charge in [0.1, 0.15) is 5.92 Å². The standard InChI is InChI=1S/C23H23NO2/c1-26-23(25)21(19-13-7-3-8-14-19)22(20-15-9-4-10-16-20)24-17-18-11-5-2-6-12-18/h2-16,21-22,24H,17H2,1H3/t21-,22-/m0/s1. The molecule has 26 heavy (non-hydrogen) atoms. The fourth-order valence-electron chi connectivity index (χ4n) is 3.16. The number of hydrogen-bond donors (Lipinski definition) is 1. The summed E-state index contributed by atoms with van der Waals surface area (Å²) in [5, 5.41) is 3.57. The number of hydrogen-bond acceptors (Lipinski definition) is 3. The average molecular weight is 345 g/mol. The van der Waals surface area contributed by atoms with Crippen molar-refractivity contribution in [3.8, 4) is 0 Å². The van der Waals surface area contributed by atoms with Gasteiger partial charge in [-0.05, 0) is 16.7 Å². The number of carbonyl (C=O) groups is 1. The lowest BCUT2D eigenvalue weighted by Gasteiger charge is -2.27. The van der Waals surface area contributed by atoms with Crippen LogP contribution in [0.25, 0.3) is 0 Å². The SMILES string of the molecule is COC(=O)[C@@H](c1ccccc1)[C@@H](NCc1ccccc1)c1ccccc1. The van der Waals surface area contributed by atoms with Gasteiger partial charge in [0.25, 0.3) is 0 Å². The summed E-state index contributed by atoms with van der Waals surface area (Å²) in [6.07, 6.45) is 0.